The van der Waals surface area contributed by atoms with Gasteiger partial charge >= 0.3 is 6.03 Å². The number of anilines is 1. The van der Waals surface area contributed by atoms with E-state index in [2.05, 4.69) is 10.6 Å². The number of nitrogens with one attached hydrogen (secondary N) is 2. The van der Waals surface area contributed by atoms with Crippen LogP contribution in [0.5, 0.6) is 0 Å². The molecule has 0 atom stereocenters. The van der Waals surface area contributed by atoms with Crippen molar-refractivity contribution in [2.45, 2.75) is 12.8 Å². The second-order valence-electron chi connectivity index (χ2n) is 3.50. The van der Waals surface area contributed by atoms with E-state index < -0.39 is 0 Å². The Kier molecular flexibility index (Phi) is 2.41. The fourth-order valence-corrected chi connectivity index (χ4v) is 1.71. The number of amides is 2. The van der Waals surface area contributed by atoms with Crippen molar-refractivity contribution in [1.29, 1.82) is 0 Å². The third-order valence-electron chi connectivity index (χ3n) is 2.52. The molecule has 1 aliphatic carbocycles. The topological polar surface area (TPSA) is 58.2 Å². The molecule has 0 bridgehead atoms. The Balaban J connectivity index is 2.25. The summed E-state index contributed by atoms with van der Waals surface area (Å²) < 4.78 is 0. The molecule has 1 aromatic rings. The van der Waals surface area contributed by atoms with Crippen LogP contribution in [0.1, 0.15) is 22.3 Å². The highest BCUT2D eigenvalue weighted by Crippen LogP contribution is 2.24. The third kappa shape index (κ3) is 1.83. The lowest BCUT2D eigenvalue weighted by Crippen LogP contribution is -2.24. The quantitative estimate of drug-likeness (QED) is 0.729. The smallest absolute Gasteiger partial charge is 0.318 e. The molecule has 1 aliphatic rings. The van der Waals surface area contributed by atoms with Crippen LogP contribution in [0, 0.1) is 0 Å². The van der Waals surface area contributed by atoms with Gasteiger partial charge in [0.1, 0.15) is 0 Å². The van der Waals surface area contributed by atoms with Crippen molar-refractivity contribution >= 4 is 17.5 Å². The number of ketones is 1. The van der Waals surface area contributed by atoms with Crippen LogP contribution in [0.15, 0.2) is 18.2 Å². The van der Waals surface area contributed by atoms with Crippen LogP contribution in [0.3, 0.4) is 0 Å². The molecule has 4 nitrogen and oxygen atoms in total. The van der Waals surface area contributed by atoms with Crippen molar-refractivity contribution in [2.24, 2.45) is 0 Å². The first-order valence-corrected chi connectivity index (χ1v) is 4.85. The van der Waals surface area contributed by atoms with Crippen molar-refractivity contribution in [2.75, 3.05) is 12.4 Å². The van der Waals surface area contributed by atoms with Crippen molar-refractivity contribution < 1.29 is 9.59 Å². The molecule has 0 saturated carbocycles. The minimum absolute atomic E-state index is 0.158. The predicted molar refractivity (Wildman–Crippen MR) is 57.2 cm³/mol. The molecular weight excluding hydrogens is 192 g/mol. The predicted octanol–water partition coefficient (Wildman–Crippen LogP) is 1.57. The van der Waals surface area contributed by atoms with Gasteiger partial charge in [0.25, 0.3) is 0 Å². The third-order valence-corrected chi connectivity index (χ3v) is 2.52. The van der Waals surface area contributed by atoms with E-state index in [4.69, 9.17) is 0 Å². The van der Waals surface area contributed by atoms with E-state index in [0.29, 0.717) is 12.1 Å². The maximum atomic E-state index is 11.4. The summed E-state index contributed by atoms with van der Waals surface area (Å²) in [7, 11) is 1.55. The first-order chi connectivity index (χ1) is 7.20. The van der Waals surface area contributed by atoms with Gasteiger partial charge in [0.15, 0.2) is 5.78 Å². The van der Waals surface area contributed by atoms with Crippen LogP contribution in [0.2, 0.25) is 0 Å². The molecule has 15 heavy (non-hydrogen) atoms. The molecule has 2 rings (SSSR count). The number of hydrogen-bond acceptors (Lipinski definition) is 2. The Labute approximate surface area is 87.7 Å². The Morgan fingerprint density at radius 2 is 2.13 bits per heavy atom. The minimum atomic E-state index is -0.277. The molecule has 0 saturated heterocycles. The van der Waals surface area contributed by atoms with Gasteiger partial charge in [0.2, 0.25) is 0 Å². The molecule has 0 fully saturated rings. The zero-order valence-corrected chi connectivity index (χ0v) is 8.46. The Morgan fingerprint density at radius 1 is 1.33 bits per heavy atom. The monoisotopic (exact) mass is 204 g/mol. The maximum Gasteiger partial charge on any atom is 0.318 e. The van der Waals surface area contributed by atoms with Gasteiger partial charge in [-0.05, 0) is 24.1 Å². The normalized spacial score (nSPS) is 13.5. The fraction of sp³-hybridized carbons (Fsp3) is 0.273. The van der Waals surface area contributed by atoms with Gasteiger partial charge in [0.05, 0.1) is 0 Å². The standard InChI is InChI=1S/C11H12N2O2/c1-12-11(15)13-8-4-2-7-3-5-10(14)9(7)6-8/h2,4,6H,3,5H2,1H3,(H2,12,13,15). The van der Waals surface area contributed by atoms with E-state index in [1.165, 1.54) is 0 Å². The Morgan fingerprint density at radius 3 is 2.87 bits per heavy atom. The highest BCUT2D eigenvalue weighted by atomic mass is 16.2. The maximum absolute atomic E-state index is 11.4. The van der Waals surface area contributed by atoms with Crippen molar-refractivity contribution in [1.82, 2.24) is 5.32 Å². The summed E-state index contributed by atoms with van der Waals surface area (Å²) in [6, 6.07) is 5.17. The number of rotatable bonds is 1. The van der Waals surface area contributed by atoms with E-state index in [1.807, 2.05) is 12.1 Å². The van der Waals surface area contributed by atoms with Crippen LogP contribution < -0.4 is 10.6 Å². The van der Waals surface area contributed by atoms with E-state index in [9.17, 15) is 9.59 Å². The average molecular weight is 204 g/mol. The molecule has 0 radical (unpaired) electrons. The second kappa shape index (κ2) is 3.73. The van der Waals surface area contributed by atoms with Gasteiger partial charge in [0, 0.05) is 24.7 Å². The van der Waals surface area contributed by atoms with Crippen molar-refractivity contribution in [3.05, 3.63) is 29.3 Å². The summed E-state index contributed by atoms with van der Waals surface area (Å²) in [4.78, 5) is 22.5. The number of benzene rings is 1. The second-order valence-corrected chi connectivity index (χ2v) is 3.50. The van der Waals surface area contributed by atoms with Gasteiger partial charge in [-0.15, -0.1) is 0 Å². The summed E-state index contributed by atoms with van der Waals surface area (Å²) >= 11 is 0. The lowest BCUT2D eigenvalue weighted by molar-refractivity contribution is 0.0994. The summed E-state index contributed by atoms with van der Waals surface area (Å²) in [6.45, 7) is 0. The molecule has 2 amide bonds. The first-order valence-electron chi connectivity index (χ1n) is 4.85. The number of Topliss-reactive ketones (excluding diaryl/α,β-unsaturated/α-hetero) is 1. The number of hydrogen-bond donors (Lipinski definition) is 2. The molecule has 2 N–H and O–H groups in total. The fourth-order valence-electron chi connectivity index (χ4n) is 1.71. The molecule has 0 heterocycles. The number of fused-ring (bicyclic) bond motifs is 1. The first kappa shape index (κ1) is 9.71. The number of carbonyl (C=O) groups excluding carboxylic acids is 2. The van der Waals surface area contributed by atoms with Crippen molar-refractivity contribution in [3.8, 4) is 0 Å². The van der Waals surface area contributed by atoms with Crippen molar-refractivity contribution in [3.63, 3.8) is 0 Å². The number of carbonyl (C=O) groups is 2. The van der Waals surface area contributed by atoms with Gasteiger partial charge in [-0.25, -0.2) is 4.79 Å². The number of urea groups is 1. The summed E-state index contributed by atoms with van der Waals surface area (Å²) in [5.74, 6) is 0.158. The summed E-state index contributed by atoms with van der Waals surface area (Å²) in [5, 5.41) is 5.10. The lowest BCUT2D eigenvalue weighted by Gasteiger charge is -2.05. The average Bonchev–Trinajstić information content (AvgIpc) is 2.60. The lowest BCUT2D eigenvalue weighted by atomic mass is 10.1. The zero-order valence-electron chi connectivity index (χ0n) is 8.46. The van der Waals surface area contributed by atoms with Crippen LogP contribution in [-0.4, -0.2) is 18.9 Å². The molecule has 0 aromatic heterocycles. The van der Waals surface area contributed by atoms with Gasteiger partial charge in [-0.3, -0.25) is 4.79 Å². The Bertz CT molecular complexity index is 427. The van der Waals surface area contributed by atoms with Crippen LogP contribution >= 0.6 is 0 Å². The molecule has 78 valence electrons. The van der Waals surface area contributed by atoms with E-state index >= 15 is 0 Å². The van der Waals surface area contributed by atoms with Gasteiger partial charge < -0.3 is 10.6 Å². The zero-order chi connectivity index (χ0) is 10.8. The SMILES string of the molecule is CNC(=O)Nc1ccc2c(c1)C(=O)CC2. The molecule has 4 heteroatoms. The van der Waals surface area contributed by atoms with E-state index in [-0.39, 0.29) is 11.8 Å². The molecule has 0 spiro atoms. The largest absolute Gasteiger partial charge is 0.341 e. The minimum Gasteiger partial charge on any atom is -0.341 e. The van der Waals surface area contributed by atoms with Crippen LogP contribution in [-0.2, 0) is 6.42 Å². The molecule has 0 unspecified atom stereocenters. The van der Waals surface area contributed by atoms with E-state index in [0.717, 1.165) is 17.5 Å². The summed E-state index contributed by atoms with van der Waals surface area (Å²) in [5.41, 5.74) is 2.47. The van der Waals surface area contributed by atoms with Crippen LogP contribution in [0.4, 0.5) is 10.5 Å². The molecular formula is C11H12N2O2. The number of aryl methyl sites for hydroxylation is 1. The van der Waals surface area contributed by atoms with Gasteiger partial charge in [-0.1, -0.05) is 6.07 Å². The Hall–Kier alpha value is -1.84. The highest BCUT2D eigenvalue weighted by molar-refractivity contribution is 6.02. The molecule has 0 aliphatic heterocycles. The van der Waals surface area contributed by atoms with E-state index in [1.54, 1.807) is 13.1 Å². The van der Waals surface area contributed by atoms with Gasteiger partial charge in [-0.2, -0.15) is 0 Å². The summed E-state index contributed by atoms with van der Waals surface area (Å²) in [6.07, 6.45) is 1.40. The van der Waals surface area contributed by atoms with Crippen LogP contribution in [0.25, 0.3) is 0 Å². The highest BCUT2D eigenvalue weighted by Gasteiger charge is 2.19. The molecule has 1 aromatic carbocycles.